The number of aliphatic hydroxyl groups is 1. The van der Waals surface area contributed by atoms with Crippen LogP contribution in [0.1, 0.15) is 56.8 Å². The van der Waals surface area contributed by atoms with Crippen LogP contribution in [0.3, 0.4) is 0 Å². The Morgan fingerprint density at radius 1 is 0.952 bits per heavy atom. The molecule has 0 radical (unpaired) electrons. The Kier molecular flexibility index (Phi) is 10.8. The summed E-state index contributed by atoms with van der Waals surface area (Å²) in [6.45, 7) is 13.6. The molecule has 0 bridgehead atoms. The molecule has 4 aromatic heterocycles. The second-order valence-corrected chi connectivity index (χ2v) is 17.1. The highest BCUT2D eigenvalue weighted by molar-refractivity contribution is 6.02. The number of rotatable bonds is 11. The van der Waals surface area contributed by atoms with E-state index < -0.39 is 11.5 Å². The van der Waals surface area contributed by atoms with Crippen molar-refractivity contribution in [2.24, 2.45) is 13.0 Å². The van der Waals surface area contributed by atoms with Crippen molar-refractivity contribution in [3.8, 4) is 5.82 Å². The summed E-state index contributed by atoms with van der Waals surface area (Å²) in [6, 6.07) is 16.8. The summed E-state index contributed by atoms with van der Waals surface area (Å²) in [5.74, 6) is -0.269. The Morgan fingerprint density at radius 3 is 2.42 bits per heavy atom. The van der Waals surface area contributed by atoms with Crippen LogP contribution in [0.5, 0.6) is 0 Å². The number of anilines is 4. The van der Waals surface area contributed by atoms with Gasteiger partial charge in [0, 0.05) is 82.2 Å². The molecule has 1 atom stereocenters. The minimum absolute atomic E-state index is 0.231. The smallest absolute Gasteiger partial charge is 0.278 e. The van der Waals surface area contributed by atoms with E-state index in [0.29, 0.717) is 57.6 Å². The first-order valence-electron chi connectivity index (χ1n) is 21.2. The van der Waals surface area contributed by atoms with Crippen molar-refractivity contribution in [2.45, 2.75) is 57.6 Å². The van der Waals surface area contributed by atoms with E-state index in [0.717, 1.165) is 75.5 Å². The summed E-state index contributed by atoms with van der Waals surface area (Å²) in [5.41, 5.74) is 3.18. The standard InChI is InChI=1S/C45H51FN12O4/c1-5-17-57-43(61)33-26-47-44(51-41(33)58(57)38-8-6-7-37(49-38)45(2,3)62)48-29-9-11-30(12-10-29)55-22-20-54(21-23-55)27-28-15-18-56(19-16-28)36-25-35-32(24-34(36)46)40(52-53(35)4)31-13-14-39(59)50-42(31)60/h5-12,24-26,28,31,62H,1,13-23,27H2,2-4H3,(H,47,48,51)(H,50,59,60). The molecule has 16 nitrogen and oxygen atoms in total. The van der Waals surface area contributed by atoms with Gasteiger partial charge in [-0.1, -0.05) is 12.1 Å². The fourth-order valence-corrected chi connectivity index (χ4v) is 9.03. The Hall–Kier alpha value is -6.46. The summed E-state index contributed by atoms with van der Waals surface area (Å²) in [4.78, 5) is 58.6. The van der Waals surface area contributed by atoms with Crippen LogP contribution < -0.4 is 26.0 Å². The van der Waals surface area contributed by atoms with E-state index in [2.05, 4.69) is 59.1 Å². The molecule has 2 aromatic carbocycles. The third-order valence-corrected chi connectivity index (χ3v) is 12.4. The molecule has 0 spiro atoms. The number of nitrogens with zero attached hydrogens (tertiary/aromatic N) is 10. The van der Waals surface area contributed by atoms with E-state index in [4.69, 9.17) is 4.98 Å². The minimum atomic E-state index is -1.18. The van der Waals surface area contributed by atoms with Crippen molar-refractivity contribution in [3.05, 3.63) is 101 Å². The van der Waals surface area contributed by atoms with Gasteiger partial charge in [-0.05, 0) is 87.6 Å². The van der Waals surface area contributed by atoms with Crippen molar-refractivity contribution in [3.63, 3.8) is 0 Å². The van der Waals surface area contributed by atoms with Gasteiger partial charge in [0.2, 0.25) is 17.8 Å². The number of carbonyl (C=O) groups is 2. The molecular weight excluding hydrogens is 792 g/mol. The molecule has 6 aromatic rings. The van der Waals surface area contributed by atoms with E-state index in [-0.39, 0.29) is 36.2 Å². The first-order valence-corrected chi connectivity index (χ1v) is 21.2. The van der Waals surface area contributed by atoms with Crippen LogP contribution in [-0.4, -0.2) is 102 Å². The Balaban J connectivity index is 0.797. The zero-order valence-electron chi connectivity index (χ0n) is 35.2. The lowest BCUT2D eigenvalue weighted by atomic mass is 9.92. The monoisotopic (exact) mass is 842 g/mol. The number of hydrogen-bond acceptors (Lipinski definition) is 12. The number of amides is 2. The summed E-state index contributed by atoms with van der Waals surface area (Å²) in [7, 11) is 1.81. The highest BCUT2D eigenvalue weighted by Crippen LogP contribution is 2.35. The third-order valence-electron chi connectivity index (χ3n) is 12.4. The molecule has 3 aliphatic rings. The average molecular weight is 843 g/mol. The fraction of sp³-hybridized carbons (Fsp3) is 0.400. The van der Waals surface area contributed by atoms with Crippen molar-refractivity contribution in [1.82, 2.24) is 44.3 Å². The number of aromatic nitrogens is 7. The molecule has 62 heavy (non-hydrogen) atoms. The molecule has 7 heterocycles. The number of carbonyl (C=O) groups excluding carboxylic acids is 2. The highest BCUT2D eigenvalue weighted by atomic mass is 19.1. The van der Waals surface area contributed by atoms with Gasteiger partial charge in [-0.15, -0.1) is 6.58 Å². The summed E-state index contributed by atoms with van der Waals surface area (Å²) >= 11 is 0. The van der Waals surface area contributed by atoms with E-state index in [1.165, 1.54) is 16.9 Å². The first-order chi connectivity index (χ1) is 29.8. The van der Waals surface area contributed by atoms with E-state index >= 15 is 4.39 Å². The zero-order chi connectivity index (χ0) is 43.3. The van der Waals surface area contributed by atoms with Crippen LogP contribution in [-0.2, 0) is 28.8 Å². The number of halogens is 1. The topological polar surface area (TPSA) is 172 Å². The molecule has 0 aliphatic carbocycles. The summed E-state index contributed by atoms with van der Waals surface area (Å²) in [5, 5.41) is 21.9. The lowest BCUT2D eigenvalue weighted by Crippen LogP contribution is -2.49. The van der Waals surface area contributed by atoms with E-state index in [1.54, 1.807) is 47.5 Å². The lowest BCUT2D eigenvalue weighted by molar-refractivity contribution is -0.134. The molecule has 1 unspecified atom stereocenters. The SMILES string of the molecule is C=CCn1c(=O)c2cnc(Nc3ccc(N4CCN(CC5CCN(c6cc7c(cc6F)c(C6CCC(=O)NC6=O)nn7C)CC5)CC4)cc3)nc2n1-c1cccc(C(C)(C)O)n1. The van der Waals surface area contributed by atoms with Gasteiger partial charge in [-0.25, -0.2) is 23.7 Å². The van der Waals surface area contributed by atoms with Gasteiger partial charge in [0.1, 0.15) is 16.8 Å². The maximum atomic E-state index is 15.7. The van der Waals surface area contributed by atoms with Gasteiger partial charge in [-0.3, -0.25) is 29.3 Å². The zero-order valence-corrected chi connectivity index (χ0v) is 35.2. The molecule has 322 valence electrons. The normalized spacial score (nSPS) is 18.2. The maximum Gasteiger partial charge on any atom is 0.278 e. The maximum absolute atomic E-state index is 15.7. The first kappa shape index (κ1) is 40.9. The second kappa shape index (κ2) is 16.4. The predicted molar refractivity (Wildman–Crippen MR) is 235 cm³/mol. The number of imide groups is 1. The van der Waals surface area contributed by atoms with Gasteiger partial charge < -0.3 is 20.2 Å². The van der Waals surface area contributed by atoms with Crippen LogP contribution >= 0.6 is 0 Å². The number of hydrogen-bond donors (Lipinski definition) is 3. The Labute approximate surface area is 357 Å². The number of fused-ring (bicyclic) bond motifs is 2. The largest absolute Gasteiger partial charge is 0.384 e. The molecule has 3 saturated heterocycles. The molecule has 3 N–H and O–H groups in total. The number of benzene rings is 2. The van der Waals surface area contributed by atoms with Crippen molar-refractivity contribution in [1.29, 1.82) is 0 Å². The third kappa shape index (κ3) is 7.93. The van der Waals surface area contributed by atoms with Crippen LogP contribution in [0.4, 0.5) is 27.4 Å². The average Bonchev–Trinajstić information content (AvgIpc) is 3.72. The Morgan fingerprint density at radius 2 is 1.71 bits per heavy atom. The lowest BCUT2D eigenvalue weighted by Gasteiger charge is -2.40. The molecule has 0 saturated carbocycles. The van der Waals surface area contributed by atoms with Crippen molar-refractivity contribution < 1.29 is 19.1 Å². The number of pyridine rings is 1. The van der Waals surface area contributed by atoms with Gasteiger partial charge in [0.15, 0.2) is 11.5 Å². The number of piperidine rings is 2. The van der Waals surface area contributed by atoms with Crippen LogP contribution in [0, 0.1) is 11.7 Å². The van der Waals surface area contributed by atoms with Crippen molar-refractivity contribution >= 4 is 56.8 Å². The van der Waals surface area contributed by atoms with Crippen LogP contribution in [0.15, 0.2) is 78.2 Å². The number of aryl methyl sites for hydroxylation is 1. The van der Waals surface area contributed by atoms with Crippen LogP contribution in [0.25, 0.3) is 27.8 Å². The quantitative estimate of drug-likeness (QED) is 0.121. The molecular formula is C45H51FN12O4. The van der Waals surface area contributed by atoms with Gasteiger partial charge in [0.25, 0.3) is 5.56 Å². The second-order valence-electron chi connectivity index (χ2n) is 17.1. The molecule has 2 amide bonds. The Bertz CT molecular complexity index is 2740. The minimum Gasteiger partial charge on any atom is -0.384 e. The summed E-state index contributed by atoms with van der Waals surface area (Å²) < 4.78 is 20.5. The van der Waals surface area contributed by atoms with Gasteiger partial charge >= 0.3 is 0 Å². The highest BCUT2D eigenvalue weighted by Gasteiger charge is 2.33. The van der Waals surface area contributed by atoms with E-state index in [9.17, 15) is 19.5 Å². The van der Waals surface area contributed by atoms with Gasteiger partial charge in [-0.2, -0.15) is 10.1 Å². The summed E-state index contributed by atoms with van der Waals surface area (Å²) in [6.07, 6.45) is 5.71. The molecule has 9 rings (SSSR count). The molecule has 3 aliphatic heterocycles. The number of nitrogens with one attached hydrogen (secondary N) is 2. The van der Waals surface area contributed by atoms with Crippen molar-refractivity contribution in [2.75, 3.05) is 60.9 Å². The fourth-order valence-electron chi connectivity index (χ4n) is 9.03. The number of allylic oxidation sites excluding steroid dienone is 1. The van der Waals surface area contributed by atoms with E-state index in [1.807, 2.05) is 25.2 Å². The molecule has 3 fully saturated rings. The molecule has 17 heteroatoms. The predicted octanol–water partition coefficient (Wildman–Crippen LogP) is 4.72. The number of piperazine rings is 1. The van der Waals surface area contributed by atoms with Crippen LogP contribution in [0.2, 0.25) is 0 Å². The van der Waals surface area contributed by atoms with Gasteiger partial charge in [0.05, 0.1) is 35.1 Å².